The van der Waals surface area contributed by atoms with Crippen molar-refractivity contribution in [3.63, 3.8) is 0 Å². The smallest absolute Gasteiger partial charge is 0.332 e. The molecule has 0 unspecified atom stereocenters. The van der Waals surface area contributed by atoms with Crippen molar-refractivity contribution in [1.82, 2.24) is 0 Å². The molecule has 0 amide bonds. The Morgan fingerprint density at radius 2 is 1.78 bits per heavy atom. The molecule has 0 spiro atoms. The number of nitroso groups, excluding NO2 is 1. The number of rotatable bonds is 6. The van der Waals surface area contributed by atoms with Gasteiger partial charge in [-0.15, -0.1) is 4.91 Å². The maximum absolute atomic E-state index is 11.0. The second-order valence-corrected chi connectivity index (χ2v) is 5.81. The lowest BCUT2D eigenvalue weighted by molar-refractivity contribution is -0.138. The van der Waals surface area contributed by atoms with E-state index in [-0.39, 0.29) is 12.2 Å². The monoisotopic (exact) mass is 353 g/mol. The zero-order chi connectivity index (χ0) is 17.0. The molecule has 1 atom stereocenters. The molecule has 2 aromatic rings. The summed E-state index contributed by atoms with van der Waals surface area (Å²) in [6.07, 6.45) is 0.226. The molecule has 23 heavy (non-hydrogen) atoms. The molecule has 5 nitrogen and oxygen atoms in total. The van der Waals surface area contributed by atoms with Crippen LogP contribution in [0.1, 0.15) is 16.7 Å². The molecule has 0 saturated heterocycles. The van der Waals surface area contributed by atoms with Crippen molar-refractivity contribution in [3.05, 3.63) is 68.0 Å². The zero-order valence-electron chi connectivity index (χ0n) is 11.9. The van der Waals surface area contributed by atoms with Gasteiger partial charge in [0, 0.05) is 22.9 Å². The number of carbonyl (C=O) groups is 1. The minimum atomic E-state index is -1.39. The van der Waals surface area contributed by atoms with Crippen LogP contribution >= 0.6 is 23.2 Å². The third kappa shape index (κ3) is 4.21. The SMILES string of the molecule is O=N[C@@H](Cc1ccc(O)cc1Cc1c(Cl)cccc1Cl)C(=O)O. The largest absolute Gasteiger partial charge is 0.508 e. The van der Waals surface area contributed by atoms with Gasteiger partial charge in [0.25, 0.3) is 0 Å². The molecule has 2 N–H and O–H groups in total. The number of carboxylic acid groups (broad SMARTS) is 1. The number of benzene rings is 2. The molecule has 0 heterocycles. The zero-order valence-corrected chi connectivity index (χ0v) is 13.4. The fourth-order valence-corrected chi connectivity index (χ4v) is 2.78. The van der Waals surface area contributed by atoms with Gasteiger partial charge in [-0.25, -0.2) is 4.79 Å². The number of aromatic hydroxyl groups is 1. The lowest BCUT2D eigenvalue weighted by Crippen LogP contribution is -2.20. The van der Waals surface area contributed by atoms with Gasteiger partial charge < -0.3 is 10.2 Å². The van der Waals surface area contributed by atoms with E-state index in [2.05, 4.69) is 5.18 Å². The van der Waals surface area contributed by atoms with Gasteiger partial charge in [-0.3, -0.25) is 0 Å². The Hall–Kier alpha value is -2.11. The van der Waals surface area contributed by atoms with Gasteiger partial charge in [0.2, 0.25) is 0 Å². The number of hydrogen-bond acceptors (Lipinski definition) is 4. The highest BCUT2D eigenvalue weighted by atomic mass is 35.5. The average molecular weight is 354 g/mol. The number of nitrogens with zero attached hydrogens (tertiary/aromatic N) is 1. The standard InChI is InChI=1S/C16H13Cl2NO4/c17-13-2-1-3-14(18)12(13)7-10-6-11(20)5-4-9(10)8-15(19-23)16(21)22/h1-6,15,20H,7-8H2,(H,21,22)/t15-/m0/s1. The van der Waals surface area contributed by atoms with Gasteiger partial charge in [-0.2, -0.15) is 0 Å². The topological polar surface area (TPSA) is 87.0 Å². The molecule has 0 saturated carbocycles. The molecule has 0 aliphatic carbocycles. The van der Waals surface area contributed by atoms with E-state index in [1.165, 1.54) is 12.1 Å². The Bertz CT molecular complexity index is 729. The maximum atomic E-state index is 11.0. The highest BCUT2D eigenvalue weighted by molar-refractivity contribution is 6.36. The van der Waals surface area contributed by atoms with E-state index in [1.807, 2.05) is 0 Å². The maximum Gasteiger partial charge on any atom is 0.332 e. The lowest BCUT2D eigenvalue weighted by atomic mass is 9.95. The molecular weight excluding hydrogens is 341 g/mol. The van der Waals surface area contributed by atoms with Gasteiger partial charge in [-0.05, 0) is 41.0 Å². The van der Waals surface area contributed by atoms with Crippen LogP contribution in [0.2, 0.25) is 10.0 Å². The fraction of sp³-hybridized carbons (Fsp3) is 0.188. The first-order chi connectivity index (χ1) is 10.9. The number of hydrogen-bond donors (Lipinski definition) is 2. The van der Waals surface area contributed by atoms with Gasteiger partial charge in [0.1, 0.15) is 5.75 Å². The average Bonchev–Trinajstić information content (AvgIpc) is 2.50. The molecule has 0 radical (unpaired) electrons. The minimum absolute atomic E-state index is 0.0258. The van der Waals surface area contributed by atoms with Crippen molar-refractivity contribution in [1.29, 1.82) is 0 Å². The van der Waals surface area contributed by atoms with Gasteiger partial charge in [0.05, 0.1) is 0 Å². The van der Waals surface area contributed by atoms with Crippen LogP contribution in [0.3, 0.4) is 0 Å². The van der Waals surface area contributed by atoms with Crippen molar-refractivity contribution >= 4 is 29.2 Å². The molecule has 0 aliphatic rings. The summed E-state index contributed by atoms with van der Waals surface area (Å²) >= 11 is 12.3. The third-order valence-corrected chi connectivity index (χ3v) is 4.15. The molecular formula is C16H13Cl2NO4. The molecule has 0 fully saturated rings. The van der Waals surface area contributed by atoms with E-state index in [9.17, 15) is 14.8 Å². The number of carboxylic acids is 1. The molecule has 120 valence electrons. The van der Waals surface area contributed by atoms with Crippen LogP contribution in [-0.4, -0.2) is 22.2 Å². The van der Waals surface area contributed by atoms with E-state index in [0.29, 0.717) is 33.2 Å². The molecule has 7 heteroatoms. The summed E-state index contributed by atoms with van der Waals surface area (Å²) in [5, 5.41) is 22.2. The quantitative estimate of drug-likeness (QED) is 0.766. The Morgan fingerprint density at radius 1 is 1.13 bits per heavy atom. The van der Waals surface area contributed by atoms with Crippen LogP contribution < -0.4 is 0 Å². The number of aliphatic carboxylic acids is 1. The summed E-state index contributed by atoms with van der Waals surface area (Å²) in [5.74, 6) is -1.27. The van der Waals surface area contributed by atoms with Crippen LogP contribution in [0.25, 0.3) is 0 Å². The summed E-state index contributed by atoms with van der Waals surface area (Å²) in [6, 6.07) is 8.21. The second kappa shape index (κ2) is 7.44. The van der Waals surface area contributed by atoms with Crippen molar-refractivity contribution < 1.29 is 15.0 Å². The van der Waals surface area contributed by atoms with Crippen molar-refractivity contribution in [2.75, 3.05) is 0 Å². The molecule has 0 aliphatic heterocycles. The number of phenolic OH excluding ortho intramolecular Hbond substituents is 1. The molecule has 0 bridgehead atoms. The second-order valence-electron chi connectivity index (χ2n) is 4.99. The van der Waals surface area contributed by atoms with Crippen LogP contribution in [0, 0.1) is 4.91 Å². The Morgan fingerprint density at radius 3 is 2.35 bits per heavy atom. The highest BCUT2D eigenvalue weighted by Gasteiger charge is 2.21. The molecule has 0 aromatic heterocycles. The summed E-state index contributed by atoms with van der Waals surface area (Å²) in [6.45, 7) is 0. The summed E-state index contributed by atoms with van der Waals surface area (Å²) in [5.41, 5.74) is 1.88. The van der Waals surface area contributed by atoms with Crippen LogP contribution in [0.4, 0.5) is 0 Å². The highest BCUT2D eigenvalue weighted by Crippen LogP contribution is 2.29. The lowest BCUT2D eigenvalue weighted by Gasteiger charge is -2.13. The van der Waals surface area contributed by atoms with Gasteiger partial charge in [0.15, 0.2) is 6.04 Å². The fourth-order valence-electron chi connectivity index (χ4n) is 2.25. The van der Waals surface area contributed by atoms with Crippen molar-refractivity contribution in [3.8, 4) is 5.75 Å². The molecule has 2 aromatic carbocycles. The molecule has 2 rings (SSSR count). The normalized spacial score (nSPS) is 11.9. The van der Waals surface area contributed by atoms with Gasteiger partial charge >= 0.3 is 5.97 Å². The predicted octanol–water partition coefficient (Wildman–Crippen LogP) is 4.05. The van der Waals surface area contributed by atoms with E-state index in [4.69, 9.17) is 28.3 Å². The first kappa shape index (κ1) is 17.2. The van der Waals surface area contributed by atoms with Crippen LogP contribution in [0.5, 0.6) is 5.75 Å². The Kier molecular flexibility index (Phi) is 5.58. The third-order valence-electron chi connectivity index (χ3n) is 3.44. The van der Waals surface area contributed by atoms with Crippen LogP contribution in [-0.2, 0) is 17.6 Å². The van der Waals surface area contributed by atoms with E-state index in [0.717, 1.165) is 0 Å². The van der Waals surface area contributed by atoms with Crippen LogP contribution in [0.15, 0.2) is 41.6 Å². The van der Waals surface area contributed by atoms with Gasteiger partial charge in [-0.1, -0.05) is 40.5 Å². The number of phenols is 1. The van der Waals surface area contributed by atoms with Crippen molar-refractivity contribution in [2.45, 2.75) is 18.9 Å². The summed E-state index contributed by atoms with van der Waals surface area (Å²) < 4.78 is 0. The number of halogens is 2. The van der Waals surface area contributed by atoms with Crippen molar-refractivity contribution in [2.24, 2.45) is 5.18 Å². The minimum Gasteiger partial charge on any atom is -0.508 e. The Balaban J connectivity index is 2.39. The first-order valence-electron chi connectivity index (χ1n) is 6.71. The Labute approximate surface area is 142 Å². The first-order valence-corrected chi connectivity index (χ1v) is 7.47. The summed E-state index contributed by atoms with van der Waals surface area (Å²) in [4.78, 5) is 21.7. The van der Waals surface area contributed by atoms with E-state index < -0.39 is 12.0 Å². The van der Waals surface area contributed by atoms with E-state index >= 15 is 0 Å². The van der Waals surface area contributed by atoms with E-state index in [1.54, 1.807) is 24.3 Å². The predicted molar refractivity (Wildman–Crippen MR) is 88.3 cm³/mol. The summed E-state index contributed by atoms with van der Waals surface area (Å²) in [7, 11) is 0.